The Morgan fingerprint density at radius 3 is 2.75 bits per heavy atom. The molecule has 6 nitrogen and oxygen atoms in total. The number of rotatable bonds is 4. The van der Waals surface area contributed by atoms with Gasteiger partial charge in [-0.15, -0.1) is 0 Å². The van der Waals surface area contributed by atoms with Gasteiger partial charge in [0.1, 0.15) is 18.3 Å². The van der Waals surface area contributed by atoms with Gasteiger partial charge >= 0.3 is 0 Å². The number of hydrogen-bond acceptors (Lipinski definition) is 5. The van der Waals surface area contributed by atoms with Crippen molar-refractivity contribution in [2.45, 2.75) is 26.8 Å². The molecule has 4 rings (SSSR count). The first-order valence-electron chi connectivity index (χ1n) is 9.40. The summed E-state index contributed by atoms with van der Waals surface area (Å²) in [6.45, 7) is 5.91. The van der Waals surface area contributed by atoms with Gasteiger partial charge in [-0.25, -0.2) is 4.98 Å². The van der Waals surface area contributed by atoms with Crippen LogP contribution in [0.25, 0.3) is 11.4 Å². The molecule has 28 heavy (non-hydrogen) atoms. The molecule has 1 aliphatic rings. The number of nitrogens with two attached hydrogens (primary N) is 1. The van der Waals surface area contributed by atoms with Crippen LogP contribution in [0, 0.1) is 13.8 Å². The number of aryl methyl sites for hydroxylation is 1. The molecule has 0 atom stereocenters. The number of benzene rings is 2. The summed E-state index contributed by atoms with van der Waals surface area (Å²) < 4.78 is 6.00. The third kappa shape index (κ3) is 3.64. The molecule has 144 valence electrons. The average molecular weight is 376 g/mol. The van der Waals surface area contributed by atoms with Crippen molar-refractivity contribution in [3.63, 3.8) is 0 Å². The number of fused-ring (bicyclic) bond motifs is 1. The molecule has 0 amide bonds. The molecule has 3 N–H and O–H groups in total. The van der Waals surface area contributed by atoms with Crippen LogP contribution in [0.3, 0.4) is 0 Å². The van der Waals surface area contributed by atoms with Crippen molar-refractivity contribution < 1.29 is 4.74 Å². The summed E-state index contributed by atoms with van der Waals surface area (Å²) in [6, 6.07) is 13.4. The Hall–Kier alpha value is -3.12. The summed E-state index contributed by atoms with van der Waals surface area (Å²) in [6.07, 6.45) is 0.720. The van der Waals surface area contributed by atoms with E-state index in [1.807, 2.05) is 24.3 Å². The van der Waals surface area contributed by atoms with Gasteiger partial charge in [-0.2, -0.15) is 0 Å². The molecule has 0 fully saturated rings. The maximum absolute atomic E-state index is 12.7. The molecule has 0 saturated carbocycles. The van der Waals surface area contributed by atoms with Crippen LogP contribution >= 0.6 is 0 Å². The molecular formula is C22H24N4O2. The first-order chi connectivity index (χ1) is 13.5. The molecule has 1 aromatic heterocycles. The number of nitrogen functional groups attached to an aromatic ring is 1. The minimum Gasteiger partial charge on any atom is -0.478 e. The third-order valence-corrected chi connectivity index (χ3v) is 5.29. The molecule has 3 aromatic rings. The summed E-state index contributed by atoms with van der Waals surface area (Å²) in [5.74, 6) is 1.47. The summed E-state index contributed by atoms with van der Waals surface area (Å²) in [7, 11) is 0. The van der Waals surface area contributed by atoms with E-state index in [9.17, 15) is 4.79 Å². The Kier molecular flexibility index (Phi) is 4.88. The van der Waals surface area contributed by atoms with E-state index >= 15 is 0 Å². The summed E-state index contributed by atoms with van der Waals surface area (Å²) in [5.41, 5.74) is 11.1. The van der Waals surface area contributed by atoms with E-state index in [0.29, 0.717) is 24.8 Å². The molecule has 0 bridgehead atoms. The fourth-order valence-corrected chi connectivity index (χ4v) is 3.41. The second-order valence-corrected chi connectivity index (χ2v) is 7.24. The number of H-pyrrole nitrogens is 1. The third-order valence-electron chi connectivity index (χ3n) is 5.29. The first-order valence-corrected chi connectivity index (χ1v) is 9.40. The standard InChI is InChI=1S/C22H24N4O2/c1-14-4-3-5-20(15(14)2)28-13-26-11-10-19-18(12-26)22(27)25-21(24-19)16-6-8-17(23)9-7-16/h3-9H,10-13,23H2,1-2H3,(H,24,25,27). The number of nitrogens with one attached hydrogen (secondary N) is 1. The van der Waals surface area contributed by atoms with Crippen LogP contribution in [0.15, 0.2) is 47.3 Å². The number of anilines is 1. The zero-order valence-electron chi connectivity index (χ0n) is 16.2. The van der Waals surface area contributed by atoms with E-state index in [2.05, 4.69) is 34.8 Å². The maximum atomic E-state index is 12.7. The van der Waals surface area contributed by atoms with Crippen LogP contribution < -0.4 is 16.0 Å². The molecular weight excluding hydrogens is 352 g/mol. The minimum absolute atomic E-state index is 0.0896. The van der Waals surface area contributed by atoms with Crippen molar-refractivity contribution in [1.29, 1.82) is 0 Å². The summed E-state index contributed by atoms with van der Waals surface area (Å²) in [4.78, 5) is 22.4. The van der Waals surface area contributed by atoms with Crippen LogP contribution in [0.4, 0.5) is 5.69 Å². The zero-order valence-corrected chi connectivity index (χ0v) is 16.2. The fourth-order valence-electron chi connectivity index (χ4n) is 3.41. The van der Waals surface area contributed by atoms with Gasteiger partial charge < -0.3 is 15.5 Å². The number of aromatic nitrogens is 2. The maximum Gasteiger partial charge on any atom is 0.255 e. The Labute approximate surface area is 164 Å². The van der Waals surface area contributed by atoms with Crippen LogP contribution in [0.2, 0.25) is 0 Å². The van der Waals surface area contributed by atoms with Crippen molar-refractivity contribution in [1.82, 2.24) is 14.9 Å². The summed E-state index contributed by atoms with van der Waals surface area (Å²) in [5, 5.41) is 0. The fraction of sp³-hybridized carbons (Fsp3) is 0.273. The number of aromatic amines is 1. The van der Waals surface area contributed by atoms with Gasteiger partial charge in [0.25, 0.3) is 5.56 Å². The van der Waals surface area contributed by atoms with Gasteiger partial charge in [0, 0.05) is 30.8 Å². The van der Waals surface area contributed by atoms with Gasteiger partial charge in [0.2, 0.25) is 0 Å². The highest BCUT2D eigenvalue weighted by Gasteiger charge is 2.22. The molecule has 1 aliphatic heterocycles. The lowest BCUT2D eigenvalue weighted by atomic mass is 10.1. The number of hydrogen-bond donors (Lipinski definition) is 2. The van der Waals surface area contributed by atoms with Crippen LogP contribution in [0.5, 0.6) is 5.75 Å². The Morgan fingerprint density at radius 1 is 1.18 bits per heavy atom. The lowest BCUT2D eigenvalue weighted by Crippen LogP contribution is -2.38. The molecule has 0 unspecified atom stereocenters. The topological polar surface area (TPSA) is 84.2 Å². The van der Waals surface area contributed by atoms with Crippen molar-refractivity contribution >= 4 is 5.69 Å². The highest BCUT2D eigenvalue weighted by molar-refractivity contribution is 5.58. The number of nitrogens with zero attached hydrogens (tertiary/aromatic N) is 2. The van der Waals surface area contributed by atoms with E-state index in [-0.39, 0.29) is 5.56 Å². The van der Waals surface area contributed by atoms with Gasteiger partial charge in [-0.05, 0) is 55.3 Å². The van der Waals surface area contributed by atoms with Crippen molar-refractivity contribution in [3.8, 4) is 17.1 Å². The Balaban J connectivity index is 1.50. The molecule has 0 aliphatic carbocycles. The lowest BCUT2D eigenvalue weighted by molar-refractivity contribution is 0.112. The SMILES string of the molecule is Cc1cccc(OCN2CCc3nc(-c4ccc(N)cc4)[nH]c(=O)c3C2)c1C. The average Bonchev–Trinajstić information content (AvgIpc) is 2.70. The quantitative estimate of drug-likeness (QED) is 0.684. The predicted octanol–water partition coefficient (Wildman–Crippen LogP) is 3.03. The molecule has 0 radical (unpaired) electrons. The summed E-state index contributed by atoms with van der Waals surface area (Å²) >= 11 is 0. The van der Waals surface area contributed by atoms with Gasteiger partial charge in [-0.1, -0.05) is 12.1 Å². The second kappa shape index (κ2) is 7.48. The van der Waals surface area contributed by atoms with Crippen LogP contribution in [-0.4, -0.2) is 28.1 Å². The molecule has 0 spiro atoms. The van der Waals surface area contributed by atoms with Crippen molar-refractivity contribution in [2.75, 3.05) is 19.0 Å². The highest BCUT2D eigenvalue weighted by Crippen LogP contribution is 2.23. The molecule has 2 heterocycles. The molecule has 0 saturated heterocycles. The normalized spacial score (nSPS) is 13.9. The van der Waals surface area contributed by atoms with Gasteiger partial charge in [0.15, 0.2) is 0 Å². The smallest absolute Gasteiger partial charge is 0.255 e. The van der Waals surface area contributed by atoms with Crippen molar-refractivity contribution in [3.05, 3.63) is 75.2 Å². The van der Waals surface area contributed by atoms with E-state index < -0.39 is 0 Å². The molecule has 6 heteroatoms. The largest absolute Gasteiger partial charge is 0.478 e. The monoisotopic (exact) mass is 376 g/mol. The number of ether oxygens (including phenoxy) is 1. The lowest BCUT2D eigenvalue weighted by Gasteiger charge is -2.27. The predicted molar refractivity (Wildman–Crippen MR) is 110 cm³/mol. The Morgan fingerprint density at radius 2 is 1.96 bits per heavy atom. The zero-order chi connectivity index (χ0) is 19.7. The van der Waals surface area contributed by atoms with E-state index in [1.54, 1.807) is 12.1 Å². The second-order valence-electron chi connectivity index (χ2n) is 7.24. The van der Waals surface area contributed by atoms with E-state index in [4.69, 9.17) is 10.5 Å². The van der Waals surface area contributed by atoms with Crippen LogP contribution in [0.1, 0.15) is 22.4 Å². The van der Waals surface area contributed by atoms with Crippen molar-refractivity contribution in [2.24, 2.45) is 0 Å². The highest BCUT2D eigenvalue weighted by atomic mass is 16.5. The van der Waals surface area contributed by atoms with Gasteiger partial charge in [0.05, 0.1) is 11.3 Å². The van der Waals surface area contributed by atoms with Crippen LogP contribution in [-0.2, 0) is 13.0 Å². The molecule has 2 aromatic carbocycles. The Bertz CT molecular complexity index is 1060. The minimum atomic E-state index is -0.0896. The first kappa shape index (κ1) is 18.3. The van der Waals surface area contributed by atoms with Gasteiger partial charge in [-0.3, -0.25) is 9.69 Å². The van der Waals surface area contributed by atoms with E-state index in [0.717, 1.165) is 41.1 Å². The van der Waals surface area contributed by atoms with E-state index in [1.165, 1.54) is 5.56 Å².